The van der Waals surface area contributed by atoms with Gasteiger partial charge < -0.3 is 5.11 Å². The molecule has 2 atom stereocenters. The van der Waals surface area contributed by atoms with E-state index in [0.717, 1.165) is 86.7 Å². The first kappa shape index (κ1) is 45.1. The number of hydrogen-bond acceptors (Lipinski definition) is 6. The Balaban J connectivity index is 0.000000175. The Morgan fingerprint density at radius 3 is 1.97 bits per heavy atom. The van der Waals surface area contributed by atoms with Gasteiger partial charge in [0.05, 0.1) is 28.0 Å². The first-order chi connectivity index (χ1) is 30.9. The maximum Gasteiger partial charge on any atom is 0.220 e. The summed E-state index contributed by atoms with van der Waals surface area (Å²) in [7, 11) is 0. The van der Waals surface area contributed by atoms with Crippen LogP contribution in [0.2, 0.25) is 10.0 Å². The SMILES string of the molecule is CC(C)(O)c1ccccc1CC[C@@H](S)c1cccc(/C=C/c2ccc3ccc(Cl)cc3n2)c1.O=C1S[C@@H](c2cccc(/C=C/c3ccc4ccc(Cl)cc4n3)c2)CCc2ccccc21. The predicted octanol–water partition coefficient (Wildman–Crippen LogP) is 15.5. The second-order valence-electron chi connectivity index (χ2n) is 16.5. The van der Waals surface area contributed by atoms with Crippen molar-refractivity contribution in [2.75, 3.05) is 0 Å². The minimum absolute atomic E-state index is 0.106. The fourth-order valence-electron chi connectivity index (χ4n) is 8.00. The molecule has 6 aromatic carbocycles. The van der Waals surface area contributed by atoms with Gasteiger partial charge in [0.2, 0.25) is 5.12 Å². The van der Waals surface area contributed by atoms with Crippen LogP contribution in [-0.2, 0) is 18.4 Å². The van der Waals surface area contributed by atoms with E-state index in [1.165, 1.54) is 28.5 Å². The number of halogens is 2. The highest BCUT2D eigenvalue weighted by Crippen LogP contribution is 2.40. The van der Waals surface area contributed by atoms with Crippen LogP contribution in [-0.4, -0.2) is 20.2 Å². The predicted molar refractivity (Wildman–Crippen MR) is 275 cm³/mol. The molecule has 0 saturated heterocycles. The van der Waals surface area contributed by atoms with Crippen LogP contribution in [0.4, 0.5) is 0 Å². The molecule has 9 rings (SSSR count). The molecule has 0 amide bonds. The Morgan fingerprint density at radius 2 is 1.30 bits per heavy atom. The fraction of sp³-hybridized carbons (Fsp3) is 0.161. The van der Waals surface area contributed by atoms with Crippen LogP contribution in [0.3, 0.4) is 0 Å². The minimum atomic E-state index is -0.852. The number of rotatable bonds is 10. The first-order valence-corrected chi connectivity index (χ1v) is 23.6. The number of fused-ring (bicyclic) bond motifs is 3. The number of benzene rings is 6. The summed E-state index contributed by atoms with van der Waals surface area (Å²) in [5.74, 6) is 0. The Bertz CT molecular complexity index is 3010. The van der Waals surface area contributed by atoms with Crippen LogP contribution in [0.25, 0.3) is 46.1 Å². The molecule has 320 valence electrons. The van der Waals surface area contributed by atoms with Crippen molar-refractivity contribution in [3.8, 4) is 0 Å². The smallest absolute Gasteiger partial charge is 0.220 e. The second kappa shape index (κ2) is 20.6. The zero-order valence-electron chi connectivity index (χ0n) is 35.7. The molecule has 0 radical (unpaired) electrons. The zero-order chi connectivity index (χ0) is 44.6. The Morgan fingerprint density at radius 1 is 0.703 bits per heavy atom. The average Bonchev–Trinajstić information content (AvgIpc) is 3.47. The lowest BCUT2D eigenvalue weighted by molar-refractivity contribution is 0.0776. The molecule has 0 fully saturated rings. The van der Waals surface area contributed by atoms with Crippen LogP contribution >= 0.6 is 47.6 Å². The lowest BCUT2D eigenvalue weighted by Gasteiger charge is -2.22. The summed E-state index contributed by atoms with van der Waals surface area (Å²) >= 11 is 18.5. The van der Waals surface area contributed by atoms with Gasteiger partial charge in [0.15, 0.2) is 0 Å². The topological polar surface area (TPSA) is 63.1 Å². The van der Waals surface area contributed by atoms with E-state index in [1.54, 1.807) is 0 Å². The number of thioether (sulfide) groups is 1. The molecule has 2 aromatic heterocycles. The molecular formula is C56H48Cl2N2O2S2. The standard InChI is InChI=1S/C29H28ClNOS.C27H20ClNOS/c1-29(2,32)26-9-4-3-7-21(26)13-17-28(33)23-8-5-6-20(18-23)10-15-25-16-12-22-11-14-24(30)19-27(22)31-25;28-22-12-9-20-10-14-23(29-25(20)17-22)13-8-18-4-3-6-21(16-18)26-15-11-19-5-1-2-7-24(19)27(30)31-26/h3-12,14-16,18-19,28,32-33H,13,17H2,1-2H3;1-10,12-14,16-17,26H,11,15H2/b15-10+;13-8+/t28-;26-/m11/s1. The maximum absolute atomic E-state index is 12.7. The second-order valence-corrected chi connectivity index (χ2v) is 19.2. The molecule has 1 aliphatic rings. The summed E-state index contributed by atoms with van der Waals surface area (Å²) in [6.07, 6.45) is 11.8. The van der Waals surface area contributed by atoms with E-state index in [4.69, 9.17) is 40.8 Å². The molecule has 0 spiro atoms. The van der Waals surface area contributed by atoms with Gasteiger partial charge in [-0.1, -0.05) is 168 Å². The molecule has 4 nitrogen and oxygen atoms in total. The van der Waals surface area contributed by atoms with Crippen molar-refractivity contribution in [2.24, 2.45) is 0 Å². The number of thiol groups is 1. The maximum atomic E-state index is 12.7. The third kappa shape index (κ3) is 11.6. The van der Waals surface area contributed by atoms with Crippen LogP contribution in [0.15, 0.2) is 158 Å². The van der Waals surface area contributed by atoms with Crippen LogP contribution in [0, 0.1) is 0 Å². The zero-order valence-corrected chi connectivity index (χ0v) is 38.9. The lowest BCUT2D eigenvalue weighted by atomic mass is 9.90. The van der Waals surface area contributed by atoms with Crippen molar-refractivity contribution in [3.05, 3.63) is 224 Å². The van der Waals surface area contributed by atoms with Gasteiger partial charge in [-0.15, -0.1) is 0 Å². The van der Waals surface area contributed by atoms with Gasteiger partial charge in [-0.3, -0.25) is 4.79 Å². The summed E-state index contributed by atoms with van der Waals surface area (Å²) in [5.41, 5.74) is 11.4. The highest BCUT2D eigenvalue weighted by atomic mass is 35.5. The van der Waals surface area contributed by atoms with Crippen molar-refractivity contribution < 1.29 is 9.90 Å². The number of aliphatic hydroxyl groups is 1. The molecule has 8 heteroatoms. The highest BCUT2D eigenvalue weighted by Gasteiger charge is 2.24. The Kier molecular flexibility index (Phi) is 14.5. The van der Waals surface area contributed by atoms with E-state index in [0.29, 0.717) is 10.0 Å². The third-order valence-corrected chi connectivity index (χ3v) is 13.6. The molecule has 1 aliphatic heterocycles. The Labute approximate surface area is 395 Å². The van der Waals surface area contributed by atoms with E-state index in [2.05, 4.69) is 89.9 Å². The molecular weight excluding hydrogens is 868 g/mol. The number of pyridine rings is 2. The van der Waals surface area contributed by atoms with E-state index in [-0.39, 0.29) is 15.6 Å². The van der Waals surface area contributed by atoms with Gasteiger partial charge in [0, 0.05) is 36.9 Å². The first-order valence-electron chi connectivity index (χ1n) is 21.4. The minimum Gasteiger partial charge on any atom is -0.386 e. The monoisotopic (exact) mass is 914 g/mol. The van der Waals surface area contributed by atoms with Crippen molar-refractivity contribution in [1.82, 2.24) is 9.97 Å². The van der Waals surface area contributed by atoms with E-state index >= 15 is 0 Å². The Hall–Kier alpha value is -5.47. The van der Waals surface area contributed by atoms with Crippen LogP contribution in [0.1, 0.15) is 97.9 Å². The van der Waals surface area contributed by atoms with Crippen molar-refractivity contribution in [1.29, 1.82) is 0 Å². The normalized spacial score (nSPS) is 14.7. The molecule has 1 N–H and O–H groups in total. The fourth-order valence-corrected chi connectivity index (χ4v) is 9.72. The average molecular weight is 916 g/mol. The lowest BCUT2D eigenvalue weighted by Crippen LogP contribution is -2.18. The third-order valence-electron chi connectivity index (χ3n) is 11.3. The largest absolute Gasteiger partial charge is 0.386 e. The van der Waals surface area contributed by atoms with Gasteiger partial charge in [-0.25, -0.2) is 9.97 Å². The molecule has 0 bridgehead atoms. The van der Waals surface area contributed by atoms with Gasteiger partial charge in [-0.2, -0.15) is 12.6 Å². The molecule has 0 unspecified atom stereocenters. The summed E-state index contributed by atoms with van der Waals surface area (Å²) in [6.45, 7) is 3.66. The number of carbonyl (C=O) groups is 1. The van der Waals surface area contributed by atoms with Crippen molar-refractivity contribution >= 4 is 98.8 Å². The number of carbonyl (C=O) groups excluding carboxylic acids is 1. The van der Waals surface area contributed by atoms with E-state index in [9.17, 15) is 9.90 Å². The highest BCUT2D eigenvalue weighted by molar-refractivity contribution is 8.14. The number of aromatic nitrogens is 2. The number of aryl methyl sites for hydroxylation is 2. The quantitative estimate of drug-likeness (QED) is 0.134. The van der Waals surface area contributed by atoms with Crippen molar-refractivity contribution in [3.63, 3.8) is 0 Å². The van der Waals surface area contributed by atoms with E-state index < -0.39 is 5.60 Å². The van der Waals surface area contributed by atoms with Gasteiger partial charge >= 0.3 is 0 Å². The number of nitrogens with zero attached hydrogens (tertiary/aromatic N) is 2. The summed E-state index contributed by atoms with van der Waals surface area (Å²) in [4.78, 5) is 22.1. The number of hydrogen-bond donors (Lipinski definition) is 2. The van der Waals surface area contributed by atoms with Crippen molar-refractivity contribution in [2.45, 2.75) is 55.6 Å². The summed E-state index contributed by atoms with van der Waals surface area (Å²) in [6, 6.07) is 52.6. The van der Waals surface area contributed by atoms with E-state index in [1.807, 2.05) is 111 Å². The van der Waals surface area contributed by atoms with Gasteiger partial charge in [-0.05, 0) is 127 Å². The molecule has 3 heterocycles. The van der Waals surface area contributed by atoms with Gasteiger partial charge in [0.25, 0.3) is 0 Å². The summed E-state index contributed by atoms with van der Waals surface area (Å²) in [5, 5.41) is 14.4. The van der Waals surface area contributed by atoms with Crippen LogP contribution < -0.4 is 0 Å². The molecule has 0 saturated carbocycles. The molecule has 0 aliphatic carbocycles. The van der Waals surface area contributed by atoms with Gasteiger partial charge in [0.1, 0.15) is 0 Å². The van der Waals surface area contributed by atoms with Crippen LogP contribution in [0.5, 0.6) is 0 Å². The molecule has 8 aromatic rings. The molecule has 64 heavy (non-hydrogen) atoms. The summed E-state index contributed by atoms with van der Waals surface area (Å²) < 4.78 is 0.